The summed E-state index contributed by atoms with van der Waals surface area (Å²) in [6, 6.07) is 1.58. The van der Waals surface area contributed by atoms with Gasteiger partial charge in [0.05, 0.1) is 32.2 Å². The Morgan fingerprint density at radius 2 is 1.97 bits per heavy atom. The molecule has 10 heteroatoms. The van der Waals surface area contributed by atoms with Crippen LogP contribution in [0.1, 0.15) is 6.04 Å². The molecule has 0 spiro atoms. The average molecular weight is 400 g/mol. The van der Waals surface area contributed by atoms with Crippen LogP contribution in [-0.4, -0.2) is 57.6 Å². The number of hydrogen-bond acceptors (Lipinski definition) is 7. The standard InChI is InChI=1S/C19H18F2N6O2/c20-17-15(1-2-22-18(17)21)29-9-13-11-5-26(6-12(11)13)16-4-23-14-3-24-27(19(14)25-16)10-7-28-8-10/h1-4,10-13H,5-9H2/t11-,12+,13-. The van der Waals surface area contributed by atoms with Gasteiger partial charge in [0.1, 0.15) is 17.4 Å². The number of pyridine rings is 1. The first-order chi connectivity index (χ1) is 14.2. The minimum absolute atomic E-state index is 0.0797. The van der Waals surface area contributed by atoms with Crippen LogP contribution in [-0.2, 0) is 4.74 Å². The van der Waals surface area contributed by atoms with Crippen LogP contribution in [0.2, 0.25) is 0 Å². The van der Waals surface area contributed by atoms with Gasteiger partial charge in [-0.1, -0.05) is 0 Å². The Hall–Kier alpha value is -2.88. The molecule has 3 atom stereocenters. The molecular formula is C19H18F2N6O2. The topological polar surface area (TPSA) is 78.2 Å². The lowest BCUT2D eigenvalue weighted by Crippen LogP contribution is -2.31. The molecule has 29 heavy (non-hydrogen) atoms. The number of nitrogens with zero attached hydrogens (tertiary/aromatic N) is 6. The summed E-state index contributed by atoms with van der Waals surface area (Å²) >= 11 is 0. The predicted octanol–water partition coefficient (Wildman–Crippen LogP) is 1.83. The SMILES string of the molecule is Fc1nccc(OC[C@H]2[C@H]3CN(c4cnc5cnn(C6COC6)c5n4)C[C@@H]23)c1F. The van der Waals surface area contributed by atoms with E-state index in [9.17, 15) is 8.78 Å². The van der Waals surface area contributed by atoms with E-state index in [1.807, 2.05) is 4.68 Å². The van der Waals surface area contributed by atoms with E-state index in [0.29, 0.717) is 37.6 Å². The fourth-order valence-electron chi connectivity index (χ4n) is 4.38. The second-order valence-electron chi connectivity index (χ2n) is 7.84. The first-order valence-electron chi connectivity index (χ1n) is 9.65. The van der Waals surface area contributed by atoms with Gasteiger partial charge in [0.15, 0.2) is 11.4 Å². The van der Waals surface area contributed by atoms with Crippen molar-refractivity contribution >= 4 is 17.0 Å². The zero-order valence-electron chi connectivity index (χ0n) is 15.4. The van der Waals surface area contributed by atoms with Crippen molar-refractivity contribution in [3.8, 4) is 5.75 Å². The largest absolute Gasteiger partial charge is 0.490 e. The highest BCUT2D eigenvalue weighted by Gasteiger charge is 2.56. The first-order valence-corrected chi connectivity index (χ1v) is 9.65. The molecule has 5 heterocycles. The lowest BCUT2D eigenvalue weighted by Gasteiger charge is -2.26. The highest BCUT2D eigenvalue weighted by molar-refractivity contribution is 5.71. The van der Waals surface area contributed by atoms with Crippen LogP contribution in [0.15, 0.2) is 24.7 Å². The molecule has 2 aliphatic heterocycles. The Balaban J connectivity index is 1.12. The summed E-state index contributed by atoms with van der Waals surface area (Å²) in [5, 5.41) is 4.40. The van der Waals surface area contributed by atoms with E-state index in [0.717, 1.165) is 30.1 Å². The van der Waals surface area contributed by atoms with Gasteiger partial charge in [0.25, 0.3) is 5.95 Å². The summed E-state index contributed by atoms with van der Waals surface area (Å²) in [6.45, 7) is 3.39. The smallest absolute Gasteiger partial charge is 0.252 e. The molecule has 1 saturated carbocycles. The minimum atomic E-state index is -1.13. The van der Waals surface area contributed by atoms with Gasteiger partial charge in [0.2, 0.25) is 5.82 Å². The third kappa shape index (κ3) is 2.73. The summed E-state index contributed by atoms with van der Waals surface area (Å²) in [5.74, 6) is -0.128. The Bertz CT molecular complexity index is 1080. The van der Waals surface area contributed by atoms with Gasteiger partial charge in [-0.15, -0.1) is 0 Å². The second-order valence-corrected chi connectivity index (χ2v) is 7.84. The second kappa shape index (κ2) is 6.31. The monoisotopic (exact) mass is 400 g/mol. The van der Waals surface area contributed by atoms with Crippen molar-refractivity contribution in [2.45, 2.75) is 6.04 Å². The fourth-order valence-corrected chi connectivity index (χ4v) is 4.38. The van der Waals surface area contributed by atoms with E-state index in [1.54, 1.807) is 12.4 Å². The average Bonchev–Trinajstić information content (AvgIpc) is 3.03. The molecule has 1 aliphatic carbocycles. The van der Waals surface area contributed by atoms with Gasteiger partial charge in [0, 0.05) is 31.3 Å². The van der Waals surface area contributed by atoms with Crippen LogP contribution in [0.25, 0.3) is 11.2 Å². The molecule has 2 saturated heterocycles. The van der Waals surface area contributed by atoms with Gasteiger partial charge < -0.3 is 14.4 Å². The maximum Gasteiger partial charge on any atom is 0.252 e. The molecule has 0 bridgehead atoms. The number of aromatic nitrogens is 5. The third-order valence-electron chi connectivity index (χ3n) is 6.19. The summed E-state index contributed by atoms with van der Waals surface area (Å²) in [7, 11) is 0. The molecule has 8 nitrogen and oxygen atoms in total. The molecule has 6 rings (SSSR count). The van der Waals surface area contributed by atoms with E-state index >= 15 is 0 Å². The molecule has 3 aromatic heterocycles. The summed E-state index contributed by atoms with van der Waals surface area (Å²) in [6.07, 6.45) is 4.73. The summed E-state index contributed by atoms with van der Waals surface area (Å²) in [5.41, 5.74) is 1.56. The third-order valence-corrected chi connectivity index (χ3v) is 6.19. The zero-order chi connectivity index (χ0) is 19.5. The van der Waals surface area contributed by atoms with Crippen LogP contribution < -0.4 is 9.64 Å². The Morgan fingerprint density at radius 1 is 1.14 bits per heavy atom. The quantitative estimate of drug-likeness (QED) is 0.605. The molecule has 3 aromatic rings. The Morgan fingerprint density at radius 3 is 2.72 bits per heavy atom. The van der Waals surface area contributed by atoms with Gasteiger partial charge in [-0.3, -0.25) is 0 Å². The van der Waals surface area contributed by atoms with E-state index in [4.69, 9.17) is 14.5 Å². The number of piperidine rings is 1. The van der Waals surface area contributed by atoms with Crippen molar-refractivity contribution in [1.29, 1.82) is 0 Å². The van der Waals surface area contributed by atoms with E-state index in [1.165, 1.54) is 12.3 Å². The Kier molecular flexibility index (Phi) is 3.70. The lowest BCUT2D eigenvalue weighted by molar-refractivity contribution is -0.0269. The molecule has 150 valence electrons. The number of halogens is 2. The number of rotatable bonds is 5. The number of ether oxygens (including phenoxy) is 2. The number of hydrogen-bond donors (Lipinski definition) is 0. The van der Waals surface area contributed by atoms with Crippen molar-refractivity contribution in [3.05, 3.63) is 36.4 Å². The van der Waals surface area contributed by atoms with Crippen molar-refractivity contribution in [2.24, 2.45) is 17.8 Å². The normalized spacial score (nSPS) is 25.9. The van der Waals surface area contributed by atoms with Gasteiger partial charge in [-0.25, -0.2) is 19.6 Å². The predicted molar refractivity (Wildman–Crippen MR) is 97.5 cm³/mol. The van der Waals surface area contributed by atoms with E-state index in [2.05, 4.69) is 20.0 Å². The van der Waals surface area contributed by atoms with Crippen molar-refractivity contribution in [2.75, 3.05) is 37.8 Å². The Labute approximate surface area is 164 Å². The van der Waals surface area contributed by atoms with Gasteiger partial charge in [-0.2, -0.15) is 13.9 Å². The van der Waals surface area contributed by atoms with E-state index in [-0.39, 0.29) is 11.8 Å². The first kappa shape index (κ1) is 17.0. The summed E-state index contributed by atoms with van der Waals surface area (Å²) < 4.78 is 39.5. The zero-order valence-corrected chi connectivity index (χ0v) is 15.4. The lowest BCUT2D eigenvalue weighted by atomic mass is 10.2. The molecule has 3 aliphatic rings. The van der Waals surface area contributed by atoms with Crippen LogP contribution in [0.5, 0.6) is 5.75 Å². The fraction of sp³-hybridized carbons (Fsp3) is 0.474. The highest BCUT2D eigenvalue weighted by atomic mass is 19.2. The maximum absolute atomic E-state index is 13.7. The molecule has 0 radical (unpaired) electrons. The highest BCUT2D eigenvalue weighted by Crippen LogP contribution is 2.52. The molecule has 3 fully saturated rings. The van der Waals surface area contributed by atoms with Crippen molar-refractivity contribution in [3.63, 3.8) is 0 Å². The number of fused-ring (bicyclic) bond motifs is 2. The maximum atomic E-state index is 13.7. The van der Waals surface area contributed by atoms with Gasteiger partial charge >= 0.3 is 0 Å². The minimum Gasteiger partial charge on any atom is -0.490 e. The molecule has 0 unspecified atom stereocenters. The van der Waals surface area contributed by atoms with Crippen molar-refractivity contribution in [1.82, 2.24) is 24.7 Å². The number of anilines is 1. The summed E-state index contributed by atoms with van der Waals surface area (Å²) in [4.78, 5) is 14.8. The van der Waals surface area contributed by atoms with Gasteiger partial charge in [-0.05, 0) is 11.8 Å². The molecule has 0 aromatic carbocycles. The van der Waals surface area contributed by atoms with Crippen molar-refractivity contribution < 1.29 is 18.3 Å². The van der Waals surface area contributed by atoms with Crippen LogP contribution in [0.4, 0.5) is 14.6 Å². The molecular weight excluding hydrogens is 382 g/mol. The molecule has 0 N–H and O–H groups in total. The van der Waals surface area contributed by atoms with E-state index < -0.39 is 11.8 Å². The van der Waals surface area contributed by atoms with Crippen LogP contribution in [0.3, 0.4) is 0 Å². The molecule has 0 amide bonds. The van der Waals surface area contributed by atoms with Crippen LogP contribution >= 0.6 is 0 Å². The van der Waals surface area contributed by atoms with Crippen LogP contribution in [0, 0.1) is 29.5 Å².